The molecule has 0 saturated heterocycles. The molecule has 2 rings (SSSR count). The highest BCUT2D eigenvalue weighted by atomic mass is 35.5. The van der Waals surface area contributed by atoms with Crippen molar-refractivity contribution >= 4 is 23.3 Å². The summed E-state index contributed by atoms with van der Waals surface area (Å²) in [6.45, 7) is 3.91. The molecule has 0 aliphatic rings. The zero-order chi connectivity index (χ0) is 14.6. The molecule has 0 spiro atoms. The molecule has 4 heteroatoms. The summed E-state index contributed by atoms with van der Waals surface area (Å²) in [5.41, 5.74) is 1.16. The molecule has 0 fully saturated rings. The van der Waals surface area contributed by atoms with Gasteiger partial charge in [-0.3, -0.25) is 0 Å². The number of anilines is 1. The molecule has 0 bridgehead atoms. The van der Waals surface area contributed by atoms with Gasteiger partial charge in [-0.25, -0.2) is 4.79 Å². The normalized spacial score (nSPS) is 10.9. The summed E-state index contributed by atoms with van der Waals surface area (Å²) in [7, 11) is 0. The van der Waals surface area contributed by atoms with Crippen LogP contribution in [0.4, 0.5) is 10.5 Å². The second kappa shape index (κ2) is 5.97. The molecule has 0 aliphatic carbocycles. The van der Waals surface area contributed by atoms with Gasteiger partial charge in [-0.2, -0.15) is 0 Å². The minimum absolute atomic E-state index is 0.285. The number of carbonyl (C=O) groups excluding carboxylic acids is 1. The third-order valence-corrected chi connectivity index (χ3v) is 3.37. The monoisotopic (exact) mass is 288 g/mol. The average Bonchev–Trinajstić information content (AvgIpc) is 2.42. The molecule has 2 aromatic carbocycles. The number of para-hydroxylation sites is 1. The Hall–Kier alpha value is -2.00. The quantitative estimate of drug-likeness (QED) is 0.864. The van der Waals surface area contributed by atoms with Gasteiger partial charge in [-0.1, -0.05) is 54.1 Å². The maximum absolute atomic E-state index is 12.1. The first-order valence-electron chi connectivity index (χ1n) is 6.38. The van der Waals surface area contributed by atoms with Gasteiger partial charge in [0.05, 0.1) is 16.2 Å². The van der Waals surface area contributed by atoms with Crippen molar-refractivity contribution < 1.29 is 4.79 Å². The van der Waals surface area contributed by atoms with E-state index in [9.17, 15) is 4.79 Å². The molecule has 0 radical (unpaired) electrons. The number of urea groups is 1. The van der Waals surface area contributed by atoms with Crippen LogP contribution in [0.3, 0.4) is 0 Å². The van der Waals surface area contributed by atoms with E-state index in [2.05, 4.69) is 10.6 Å². The highest BCUT2D eigenvalue weighted by Gasteiger charge is 2.22. The number of carbonyl (C=O) groups is 1. The van der Waals surface area contributed by atoms with Gasteiger partial charge in [-0.05, 0) is 31.5 Å². The molecule has 0 atom stereocenters. The van der Waals surface area contributed by atoms with E-state index in [0.717, 1.165) is 5.56 Å². The second-order valence-electron chi connectivity index (χ2n) is 5.05. The van der Waals surface area contributed by atoms with Crippen LogP contribution >= 0.6 is 11.6 Å². The Morgan fingerprint density at radius 3 is 2.25 bits per heavy atom. The van der Waals surface area contributed by atoms with Gasteiger partial charge in [0.25, 0.3) is 0 Å². The zero-order valence-electron chi connectivity index (χ0n) is 11.5. The second-order valence-corrected chi connectivity index (χ2v) is 5.46. The molecule has 0 saturated carbocycles. The van der Waals surface area contributed by atoms with E-state index in [4.69, 9.17) is 11.6 Å². The fourth-order valence-corrected chi connectivity index (χ4v) is 2.11. The number of amides is 2. The SMILES string of the molecule is CC(C)(NC(=O)Nc1ccccc1Cl)c1ccccc1. The first-order valence-corrected chi connectivity index (χ1v) is 6.76. The maximum Gasteiger partial charge on any atom is 0.319 e. The lowest BCUT2D eigenvalue weighted by Crippen LogP contribution is -2.43. The molecule has 0 aliphatic heterocycles. The van der Waals surface area contributed by atoms with E-state index in [1.165, 1.54) is 0 Å². The van der Waals surface area contributed by atoms with Gasteiger partial charge in [0.1, 0.15) is 0 Å². The molecule has 104 valence electrons. The fourth-order valence-electron chi connectivity index (χ4n) is 1.93. The van der Waals surface area contributed by atoms with E-state index < -0.39 is 5.54 Å². The van der Waals surface area contributed by atoms with E-state index in [1.54, 1.807) is 12.1 Å². The Labute approximate surface area is 124 Å². The minimum atomic E-state index is -0.466. The van der Waals surface area contributed by atoms with Crippen LogP contribution in [-0.2, 0) is 5.54 Å². The van der Waals surface area contributed by atoms with Crippen LogP contribution in [0.15, 0.2) is 54.6 Å². The summed E-state index contributed by atoms with van der Waals surface area (Å²) in [5, 5.41) is 6.21. The summed E-state index contributed by atoms with van der Waals surface area (Å²) in [6.07, 6.45) is 0. The lowest BCUT2D eigenvalue weighted by molar-refractivity contribution is 0.242. The Balaban J connectivity index is 2.07. The summed E-state index contributed by atoms with van der Waals surface area (Å²) in [5.74, 6) is 0. The van der Waals surface area contributed by atoms with Gasteiger partial charge >= 0.3 is 6.03 Å². The van der Waals surface area contributed by atoms with Gasteiger partial charge < -0.3 is 10.6 Å². The first-order chi connectivity index (χ1) is 9.49. The number of hydrogen-bond donors (Lipinski definition) is 2. The lowest BCUT2D eigenvalue weighted by atomic mass is 9.95. The Morgan fingerprint density at radius 1 is 1.00 bits per heavy atom. The van der Waals surface area contributed by atoms with Gasteiger partial charge in [0.15, 0.2) is 0 Å². The standard InChI is InChI=1S/C16H17ClN2O/c1-16(2,12-8-4-3-5-9-12)19-15(20)18-14-11-7-6-10-13(14)17/h3-11H,1-2H3,(H2,18,19,20). The molecule has 2 amide bonds. The highest BCUT2D eigenvalue weighted by molar-refractivity contribution is 6.33. The number of rotatable bonds is 3. The van der Waals surface area contributed by atoms with Crippen molar-refractivity contribution in [1.82, 2.24) is 5.32 Å². The van der Waals surface area contributed by atoms with Crippen LogP contribution < -0.4 is 10.6 Å². The van der Waals surface area contributed by atoms with Crippen LogP contribution in [0.2, 0.25) is 5.02 Å². The Bertz CT molecular complexity index is 596. The van der Waals surface area contributed by atoms with Crippen LogP contribution in [0, 0.1) is 0 Å². The van der Waals surface area contributed by atoms with E-state index in [0.29, 0.717) is 10.7 Å². The van der Waals surface area contributed by atoms with Gasteiger partial charge in [-0.15, -0.1) is 0 Å². The molecule has 0 aromatic heterocycles. The summed E-state index contributed by atoms with van der Waals surface area (Å²) >= 11 is 6.01. The molecular weight excluding hydrogens is 272 g/mol. The molecule has 20 heavy (non-hydrogen) atoms. The lowest BCUT2D eigenvalue weighted by Gasteiger charge is -2.27. The fraction of sp³-hybridized carbons (Fsp3) is 0.188. The number of nitrogens with one attached hydrogen (secondary N) is 2. The molecule has 2 aromatic rings. The number of benzene rings is 2. The predicted octanol–water partition coefficient (Wildman–Crippen LogP) is 4.40. The van der Waals surface area contributed by atoms with Crippen molar-refractivity contribution in [3.63, 3.8) is 0 Å². The van der Waals surface area contributed by atoms with Crippen molar-refractivity contribution in [3.05, 3.63) is 65.2 Å². The third-order valence-electron chi connectivity index (χ3n) is 3.04. The largest absolute Gasteiger partial charge is 0.329 e. The molecule has 0 heterocycles. The van der Waals surface area contributed by atoms with Crippen LogP contribution in [0.25, 0.3) is 0 Å². The number of hydrogen-bond acceptors (Lipinski definition) is 1. The van der Waals surface area contributed by atoms with Crippen LogP contribution in [-0.4, -0.2) is 6.03 Å². The predicted molar refractivity (Wildman–Crippen MR) is 83.1 cm³/mol. The van der Waals surface area contributed by atoms with Crippen molar-refractivity contribution in [2.75, 3.05) is 5.32 Å². The summed E-state index contributed by atoms with van der Waals surface area (Å²) < 4.78 is 0. The number of halogens is 1. The van der Waals surface area contributed by atoms with E-state index in [1.807, 2.05) is 56.3 Å². The van der Waals surface area contributed by atoms with Crippen molar-refractivity contribution in [3.8, 4) is 0 Å². The Morgan fingerprint density at radius 2 is 1.60 bits per heavy atom. The van der Waals surface area contributed by atoms with E-state index >= 15 is 0 Å². The third kappa shape index (κ3) is 3.52. The molecule has 3 nitrogen and oxygen atoms in total. The van der Waals surface area contributed by atoms with Gasteiger partial charge in [0, 0.05) is 0 Å². The van der Waals surface area contributed by atoms with Gasteiger partial charge in [0.2, 0.25) is 0 Å². The molecular formula is C16H17ClN2O. The summed E-state index contributed by atoms with van der Waals surface area (Å²) in [4.78, 5) is 12.1. The Kier molecular flexibility index (Phi) is 4.30. The minimum Gasteiger partial charge on any atom is -0.329 e. The zero-order valence-corrected chi connectivity index (χ0v) is 12.2. The van der Waals surface area contributed by atoms with Crippen molar-refractivity contribution in [2.24, 2.45) is 0 Å². The smallest absolute Gasteiger partial charge is 0.319 e. The summed E-state index contributed by atoms with van der Waals surface area (Å²) in [6, 6.07) is 16.7. The maximum atomic E-state index is 12.1. The van der Waals surface area contributed by atoms with Crippen LogP contribution in [0.1, 0.15) is 19.4 Å². The first kappa shape index (κ1) is 14.4. The van der Waals surface area contributed by atoms with Crippen LogP contribution in [0.5, 0.6) is 0 Å². The average molecular weight is 289 g/mol. The topological polar surface area (TPSA) is 41.1 Å². The molecule has 0 unspecified atom stereocenters. The van der Waals surface area contributed by atoms with E-state index in [-0.39, 0.29) is 6.03 Å². The highest BCUT2D eigenvalue weighted by Crippen LogP contribution is 2.22. The van der Waals surface area contributed by atoms with Crippen molar-refractivity contribution in [1.29, 1.82) is 0 Å². The molecule has 2 N–H and O–H groups in total. The van der Waals surface area contributed by atoms with Crippen molar-refractivity contribution in [2.45, 2.75) is 19.4 Å².